The van der Waals surface area contributed by atoms with Crippen LogP contribution in [0.3, 0.4) is 0 Å². The zero-order chi connectivity index (χ0) is 21.3. The normalized spacial score (nSPS) is 11.8. The lowest BCUT2D eigenvalue weighted by Gasteiger charge is -2.17. The fraction of sp³-hybridized carbons (Fsp3) is 0.348. The second-order valence-electron chi connectivity index (χ2n) is 6.72. The zero-order valence-corrected chi connectivity index (χ0v) is 18.4. The summed E-state index contributed by atoms with van der Waals surface area (Å²) in [6.45, 7) is 4.23. The molecule has 2 aromatic carbocycles. The van der Waals surface area contributed by atoms with E-state index in [0.717, 1.165) is 29.2 Å². The molecule has 7 heteroatoms. The molecule has 0 aliphatic carbocycles. The molecule has 0 bridgehead atoms. The first-order valence-corrected chi connectivity index (χ1v) is 11.0. The van der Waals surface area contributed by atoms with Crippen LogP contribution in [0.2, 0.25) is 0 Å². The van der Waals surface area contributed by atoms with Crippen molar-refractivity contribution in [2.24, 2.45) is 0 Å². The largest absolute Gasteiger partial charge is 0.495 e. The fourth-order valence-electron chi connectivity index (χ4n) is 3.18. The molecule has 3 aromatic rings. The number of carbonyl (C=O) groups excluding carboxylic acids is 1. The van der Waals surface area contributed by atoms with Gasteiger partial charge in [-0.15, -0.1) is 10.2 Å². The van der Waals surface area contributed by atoms with Gasteiger partial charge < -0.3 is 9.47 Å². The highest BCUT2D eigenvalue weighted by molar-refractivity contribution is 8.00. The van der Waals surface area contributed by atoms with E-state index in [9.17, 15) is 4.79 Å². The molecular weight excluding hydrogens is 398 g/mol. The number of benzene rings is 2. The molecule has 0 saturated heterocycles. The Hall–Kier alpha value is -2.80. The summed E-state index contributed by atoms with van der Waals surface area (Å²) in [5, 5.41) is 9.22. The minimum atomic E-state index is -0.336. The van der Waals surface area contributed by atoms with Crippen molar-refractivity contribution in [3.8, 4) is 11.4 Å². The Kier molecular flexibility index (Phi) is 7.90. The Morgan fingerprint density at radius 1 is 1.07 bits per heavy atom. The number of hydrogen-bond acceptors (Lipinski definition) is 6. The third-order valence-corrected chi connectivity index (χ3v) is 5.77. The van der Waals surface area contributed by atoms with E-state index in [1.165, 1.54) is 11.8 Å². The number of aromatic nitrogens is 3. The van der Waals surface area contributed by atoms with Gasteiger partial charge in [0, 0.05) is 6.42 Å². The van der Waals surface area contributed by atoms with Gasteiger partial charge in [0.2, 0.25) is 0 Å². The van der Waals surface area contributed by atoms with Crippen LogP contribution < -0.4 is 4.74 Å². The van der Waals surface area contributed by atoms with Gasteiger partial charge in [0.05, 0.1) is 19.4 Å². The van der Waals surface area contributed by atoms with Crippen LogP contribution in [0.1, 0.15) is 38.1 Å². The van der Waals surface area contributed by atoms with E-state index in [2.05, 4.69) is 29.3 Å². The molecule has 0 N–H and O–H groups in total. The van der Waals surface area contributed by atoms with E-state index in [0.29, 0.717) is 24.6 Å². The van der Waals surface area contributed by atoms with Gasteiger partial charge in [-0.3, -0.25) is 9.36 Å². The topological polar surface area (TPSA) is 66.2 Å². The standard InChI is InChI=1S/C23H27N3O3S/c1-4-11-20(22(27)29-5-2)30-23-25-24-21(16-17-12-7-6-8-13-17)26(23)18-14-9-10-15-19(18)28-3/h6-10,12-15,20H,4-5,11,16H2,1-3H3/t20-/m1/s1. The van der Waals surface area contributed by atoms with Crippen LogP contribution in [0, 0.1) is 0 Å². The quantitative estimate of drug-likeness (QED) is 0.347. The maximum Gasteiger partial charge on any atom is 0.319 e. The number of hydrogen-bond donors (Lipinski definition) is 0. The highest BCUT2D eigenvalue weighted by atomic mass is 32.2. The van der Waals surface area contributed by atoms with E-state index >= 15 is 0 Å². The molecular formula is C23H27N3O3S. The summed E-state index contributed by atoms with van der Waals surface area (Å²) in [6, 6.07) is 17.9. The highest BCUT2D eigenvalue weighted by Crippen LogP contribution is 2.32. The number of para-hydroxylation sites is 2. The summed E-state index contributed by atoms with van der Waals surface area (Å²) < 4.78 is 12.9. The first kappa shape index (κ1) is 21.9. The molecule has 0 fully saturated rings. The van der Waals surface area contributed by atoms with Crippen molar-refractivity contribution in [1.82, 2.24) is 14.8 Å². The van der Waals surface area contributed by atoms with E-state index < -0.39 is 0 Å². The maximum absolute atomic E-state index is 12.5. The monoisotopic (exact) mass is 425 g/mol. The molecule has 0 saturated carbocycles. The van der Waals surface area contributed by atoms with Crippen molar-refractivity contribution >= 4 is 17.7 Å². The molecule has 30 heavy (non-hydrogen) atoms. The van der Waals surface area contributed by atoms with Crippen LogP contribution in [-0.4, -0.2) is 39.7 Å². The minimum absolute atomic E-state index is 0.219. The average Bonchev–Trinajstić information content (AvgIpc) is 3.16. The molecule has 1 atom stereocenters. The van der Waals surface area contributed by atoms with Crippen LogP contribution in [0.4, 0.5) is 0 Å². The summed E-state index contributed by atoms with van der Waals surface area (Å²) in [5.74, 6) is 1.28. The molecule has 0 radical (unpaired) electrons. The lowest BCUT2D eigenvalue weighted by atomic mass is 10.1. The number of nitrogens with zero attached hydrogens (tertiary/aromatic N) is 3. The first-order chi connectivity index (χ1) is 14.7. The number of thioether (sulfide) groups is 1. The second-order valence-corrected chi connectivity index (χ2v) is 7.89. The van der Waals surface area contributed by atoms with Crippen LogP contribution in [-0.2, 0) is 16.0 Å². The van der Waals surface area contributed by atoms with E-state index in [-0.39, 0.29) is 11.2 Å². The summed E-state index contributed by atoms with van der Waals surface area (Å²) in [6.07, 6.45) is 2.19. The van der Waals surface area contributed by atoms with E-state index in [1.807, 2.05) is 54.0 Å². The van der Waals surface area contributed by atoms with Crippen LogP contribution in [0.5, 0.6) is 5.75 Å². The van der Waals surface area contributed by atoms with Gasteiger partial charge in [-0.05, 0) is 31.0 Å². The summed E-state index contributed by atoms with van der Waals surface area (Å²) >= 11 is 1.39. The first-order valence-electron chi connectivity index (χ1n) is 10.1. The van der Waals surface area contributed by atoms with E-state index in [1.54, 1.807) is 7.11 Å². The molecule has 6 nitrogen and oxygen atoms in total. The molecule has 1 aromatic heterocycles. The van der Waals surface area contributed by atoms with Gasteiger partial charge >= 0.3 is 5.97 Å². The van der Waals surface area contributed by atoms with Crippen LogP contribution in [0.15, 0.2) is 59.8 Å². The van der Waals surface area contributed by atoms with Gasteiger partial charge in [0.1, 0.15) is 16.8 Å². The van der Waals surface area contributed by atoms with Crippen molar-refractivity contribution in [1.29, 1.82) is 0 Å². The Labute approximate surface area is 181 Å². The van der Waals surface area contributed by atoms with Gasteiger partial charge in [0.15, 0.2) is 5.16 Å². The Morgan fingerprint density at radius 2 is 1.80 bits per heavy atom. The number of rotatable bonds is 10. The van der Waals surface area contributed by atoms with Crippen molar-refractivity contribution < 1.29 is 14.3 Å². The van der Waals surface area contributed by atoms with Gasteiger partial charge in [-0.1, -0.05) is 67.6 Å². The van der Waals surface area contributed by atoms with Gasteiger partial charge in [-0.25, -0.2) is 0 Å². The van der Waals surface area contributed by atoms with Crippen LogP contribution in [0.25, 0.3) is 5.69 Å². The molecule has 0 aliphatic heterocycles. The molecule has 1 heterocycles. The van der Waals surface area contributed by atoms with Gasteiger partial charge in [0.25, 0.3) is 0 Å². The van der Waals surface area contributed by atoms with Crippen molar-refractivity contribution in [3.63, 3.8) is 0 Å². The minimum Gasteiger partial charge on any atom is -0.495 e. The van der Waals surface area contributed by atoms with Crippen molar-refractivity contribution in [2.75, 3.05) is 13.7 Å². The number of ether oxygens (including phenoxy) is 2. The smallest absolute Gasteiger partial charge is 0.319 e. The Morgan fingerprint density at radius 3 is 2.50 bits per heavy atom. The Balaban J connectivity index is 2.03. The molecule has 158 valence electrons. The molecule has 0 aliphatic rings. The zero-order valence-electron chi connectivity index (χ0n) is 17.6. The van der Waals surface area contributed by atoms with E-state index in [4.69, 9.17) is 9.47 Å². The molecule has 0 spiro atoms. The molecule has 0 amide bonds. The maximum atomic E-state index is 12.5. The fourth-order valence-corrected chi connectivity index (χ4v) is 4.34. The third kappa shape index (κ3) is 5.21. The third-order valence-electron chi connectivity index (χ3n) is 4.58. The second kappa shape index (κ2) is 10.8. The lowest BCUT2D eigenvalue weighted by molar-refractivity contribution is -0.142. The summed E-state index contributed by atoms with van der Waals surface area (Å²) in [7, 11) is 1.64. The molecule has 0 unspecified atom stereocenters. The number of methoxy groups -OCH3 is 1. The SMILES string of the molecule is CCC[C@@H](Sc1nnc(Cc2ccccc2)n1-c1ccccc1OC)C(=O)OCC. The molecule has 3 rings (SSSR count). The summed E-state index contributed by atoms with van der Waals surface area (Å²) in [5.41, 5.74) is 1.98. The summed E-state index contributed by atoms with van der Waals surface area (Å²) in [4.78, 5) is 12.5. The van der Waals surface area contributed by atoms with Gasteiger partial charge in [-0.2, -0.15) is 0 Å². The lowest BCUT2D eigenvalue weighted by Crippen LogP contribution is -2.21. The number of esters is 1. The predicted octanol–water partition coefficient (Wildman–Crippen LogP) is 4.69. The van der Waals surface area contributed by atoms with Crippen LogP contribution >= 0.6 is 11.8 Å². The predicted molar refractivity (Wildman–Crippen MR) is 118 cm³/mol. The number of carbonyl (C=O) groups is 1. The average molecular weight is 426 g/mol. The highest BCUT2D eigenvalue weighted by Gasteiger charge is 2.26. The van der Waals surface area contributed by atoms with Crippen molar-refractivity contribution in [2.45, 2.75) is 43.5 Å². The van der Waals surface area contributed by atoms with Crippen molar-refractivity contribution in [3.05, 3.63) is 66.0 Å². The Bertz CT molecular complexity index is 959.